The largest absolute Gasteiger partial charge is 0.445 e. The van der Waals surface area contributed by atoms with Gasteiger partial charge < -0.3 is 14.7 Å². The van der Waals surface area contributed by atoms with Crippen LogP contribution in [0.3, 0.4) is 0 Å². The molecule has 0 spiro atoms. The number of benzene rings is 1. The van der Waals surface area contributed by atoms with Gasteiger partial charge in [0.1, 0.15) is 12.2 Å². The number of nitrogens with zero attached hydrogens (tertiary/aromatic N) is 1. The van der Waals surface area contributed by atoms with Crippen LogP contribution in [0.5, 0.6) is 0 Å². The summed E-state index contributed by atoms with van der Waals surface area (Å²) in [6, 6.07) is 9.62. The zero-order valence-corrected chi connectivity index (χ0v) is 10.9. The lowest BCUT2D eigenvalue weighted by Crippen LogP contribution is -2.67. The lowest BCUT2D eigenvalue weighted by Gasteiger charge is -2.52. The van der Waals surface area contributed by atoms with Crippen molar-refractivity contribution in [3.05, 3.63) is 35.9 Å². The van der Waals surface area contributed by atoms with Crippen LogP contribution >= 0.6 is 0 Å². The predicted molar refractivity (Wildman–Crippen MR) is 70.5 cm³/mol. The fourth-order valence-electron chi connectivity index (χ4n) is 2.76. The van der Waals surface area contributed by atoms with Crippen molar-refractivity contribution in [1.29, 1.82) is 0 Å². The first kappa shape index (κ1) is 12.5. The molecule has 1 saturated heterocycles. The standard InChI is InChI=1S/C15H19NO3/c17-14(19-9-12-5-2-1-3-6-12)16-10-15(18,11-16)13-7-4-8-13/h1-3,5-6,13,18H,4,7-11H2. The first-order valence-corrected chi connectivity index (χ1v) is 6.85. The van der Waals surface area contributed by atoms with Gasteiger partial charge in [0.2, 0.25) is 0 Å². The Bertz CT molecular complexity index is 450. The summed E-state index contributed by atoms with van der Waals surface area (Å²) in [6.07, 6.45) is 3.05. The average molecular weight is 261 g/mol. The molecule has 0 atom stereocenters. The van der Waals surface area contributed by atoms with E-state index in [9.17, 15) is 9.90 Å². The summed E-state index contributed by atoms with van der Waals surface area (Å²) in [7, 11) is 0. The second-order valence-corrected chi connectivity index (χ2v) is 5.63. The summed E-state index contributed by atoms with van der Waals surface area (Å²) in [4.78, 5) is 13.4. The minimum absolute atomic E-state index is 0.290. The number of amides is 1. The molecule has 0 radical (unpaired) electrons. The molecule has 0 bridgehead atoms. The van der Waals surface area contributed by atoms with Crippen molar-refractivity contribution in [1.82, 2.24) is 4.90 Å². The van der Waals surface area contributed by atoms with Gasteiger partial charge in [-0.25, -0.2) is 4.79 Å². The van der Waals surface area contributed by atoms with Gasteiger partial charge in [0.15, 0.2) is 0 Å². The van der Waals surface area contributed by atoms with Crippen molar-refractivity contribution in [2.45, 2.75) is 31.5 Å². The molecule has 1 heterocycles. The van der Waals surface area contributed by atoms with E-state index < -0.39 is 5.60 Å². The molecular weight excluding hydrogens is 242 g/mol. The van der Waals surface area contributed by atoms with Crippen molar-refractivity contribution in [3.8, 4) is 0 Å². The maximum Gasteiger partial charge on any atom is 0.410 e. The van der Waals surface area contributed by atoms with Gasteiger partial charge in [-0.1, -0.05) is 36.8 Å². The van der Waals surface area contributed by atoms with E-state index in [1.807, 2.05) is 30.3 Å². The molecule has 2 aliphatic rings. The third kappa shape index (κ3) is 2.45. The minimum atomic E-state index is -0.649. The van der Waals surface area contributed by atoms with Gasteiger partial charge in [0.25, 0.3) is 0 Å². The van der Waals surface area contributed by atoms with E-state index in [1.54, 1.807) is 4.90 Å². The Kier molecular flexibility index (Phi) is 3.19. The Labute approximate surface area is 113 Å². The van der Waals surface area contributed by atoms with E-state index in [-0.39, 0.29) is 12.7 Å². The normalized spacial score (nSPS) is 21.4. The SMILES string of the molecule is O=C(OCc1ccccc1)N1CC(O)(C2CCC2)C1. The number of rotatable bonds is 3. The third-order valence-electron chi connectivity index (χ3n) is 4.26. The van der Waals surface area contributed by atoms with Gasteiger partial charge in [0, 0.05) is 0 Å². The molecule has 1 N–H and O–H groups in total. The van der Waals surface area contributed by atoms with Crippen LogP contribution in [0.15, 0.2) is 30.3 Å². The zero-order valence-electron chi connectivity index (χ0n) is 10.9. The van der Waals surface area contributed by atoms with Gasteiger partial charge in [-0.3, -0.25) is 0 Å². The number of ether oxygens (including phenoxy) is 1. The second-order valence-electron chi connectivity index (χ2n) is 5.63. The van der Waals surface area contributed by atoms with Crippen molar-refractivity contribution < 1.29 is 14.6 Å². The first-order valence-electron chi connectivity index (χ1n) is 6.85. The molecule has 19 heavy (non-hydrogen) atoms. The lowest BCUT2D eigenvalue weighted by atomic mass is 9.69. The fraction of sp³-hybridized carbons (Fsp3) is 0.533. The summed E-state index contributed by atoms with van der Waals surface area (Å²) < 4.78 is 5.23. The van der Waals surface area contributed by atoms with Crippen LogP contribution in [0, 0.1) is 5.92 Å². The molecule has 102 valence electrons. The maximum atomic E-state index is 11.8. The Hall–Kier alpha value is -1.55. The molecular formula is C15H19NO3. The van der Waals surface area contributed by atoms with Crippen molar-refractivity contribution in [2.75, 3.05) is 13.1 Å². The van der Waals surface area contributed by atoms with E-state index >= 15 is 0 Å². The lowest BCUT2D eigenvalue weighted by molar-refractivity contribution is -0.144. The molecule has 4 heteroatoms. The molecule has 1 aromatic rings. The van der Waals surface area contributed by atoms with E-state index in [0.717, 1.165) is 18.4 Å². The molecule has 1 aromatic carbocycles. The van der Waals surface area contributed by atoms with E-state index in [2.05, 4.69) is 0 Å². The van der Waals surface area contributed by atoms with Gasteiger partial charge in [-0.2, -0.15) is 0 Å². The van der Waals surface area contributed by atoms with Crippen LogP contribution in [0.25, 0.3) is 0 Å². The van der Waals surface area contributed by atoms with Crippen molar-refractivity contribution in [3.63, 3.8) is 0 Å². The van der Waals surface area contributed by atoms with E-state index in [1.165, 1.54) is 6.42 Å². The molecule has 1 saturated carbocycles. The summed E-state index contributed by atoms with van der Waals surface area (Å²) in [5.41, 5.74) is 0.329. The Morgan fingerprint density at radius 1 is 1.32 bits per heavy atom. The number of likely N-dealkylation sites (tertiary alicyclic amines) is 1. The average Bonchev–Trinajstić information content (AvgIpc) is 2.32. The highest BCUT2D eigenvalue weighted by Crippen LogP contribution is 2.41. The fourth-order valence-corrected chi connectivity index (χ4v) is 2.76. The highest BCUT2D eigenvalue weighted by atomic mass is 16.6. The number of hydrogen-bond donors (Lipinski definition) is 1. The summed E-state index contributed by atoms with van der Waals surface area (Å²) in [5, 5.41) is 10.3. The molecule has 2 fully saturated rings. The molecule has 1 aliphatic carbocycles. The van der Waals surface area contributed by atoms with Crippen LogP contribution in [0.4, 0.5) is 4.79 Å². The monoisotopic (exact) mass is 261 g/mol. The molecule has 3 rings (SSSR count). The van der Waals surface area contributed by atoms with Crippen LogP contribution < -0.4 is 0 Å². The van der Waals surface area contributed by atoms with Gasteiger partial charge in [-0.05, 0) is 24.3 Å². The smallest absolute Gasteiger partial charge is 0.410 e. The Morgan fingerprint density at radius 3 is 2.58 bits per heavy atom. The van der Waals surface area contributed by atoms with Crippen LogP contribution in [-0.4, -0.2) is 34.8 Å². The number of β-amino-alcohol motifs (C(OH)–C–C–N with tert-alkyl or cyclic N) is 1. The van der Waals surface area contributed by atoms with Crippen molar-refractivity contribution >= 4 is 6.09 Å². The van der Waals surface area contributed by atoms with E-state index in [0.29, 0.717) is 19.0 Å². The first-order chi connectivity index (χ1) is 9.17. The molecule has 4 nitrogen and oxygen atoms in total. The summed E-state index contributed by atoms with van der Waals surface area (Å²) >= 11 is 0. The summed E-state index contributed by atoms with van der Waals surface area (Å²) in [5.74, 6) is 0.380. The highest BCUT2D eigenvalue weighted by Gasteiger charge is 2.51. The number of carbonyl (C=O) groups is 1. The van der Waals surface area contributed by atoms with E-state index in [4.69, 9.17) is 4.74 Å². The summed E-state index contributed by atoms with van der Waals surface area (Å²) in [6.45, 7) is 1.13. The second kappa shape index (κ2) is 4.85. The Morgan fingerprint density at radius 2 is 2.00 bits per heavy atom. The van der Waals surface area contributed by atoms with Gasteiger partial charge in [0.05, 0.1) is 13.1 Å². The van der Waals surface area contributed by atoms with Crippen LogP contribution in [0.2, 0.25) is 0 Å². The molecule has 1 amide bonds. The third-order valence-corrected chi connectivity index (χ3v) is 4.26. The van der Waals surface area contributed by atoms with Gasteiger partial charge >= 0.3 is 6.09 Å². The molecule has 1 aliphatic heterocycles. The van der Waals surface area contributed by atoms with Crippen molar-refractivity contribution in [2.24, 2.45) is 5.92 Å². The highest BCUT2D eigenvalue weighted by molar-refractivity contribution is 5.69. The molecule has 0 unspecified atom stereocenters. The minimum Gasteiger partial charge on any atom is -0.445 e. The van der Waals surface area contributed by atoms with Crippen LogP contribution in [-0.2, 0) is 11.3 Å². The quantitative estimate of drug-likeness (QED) is 0.907. The molecule has 0 aromatic heterocycles. The van der Waals surface area contributed by atoms with Gasteiger partial charge in [-0.15, -0.1) is 0 Å². The number of hydrogen-bond acceptors (Lipinski definition) is 3. The maximum absolute atomic E-state index is 11.8. The number of carbonyl (C=O) groups excluding carboxylic acids is 1. The number of aliphatic hydroxyl groups is 1. The predicted octanol–water partition coefficient (Wildman–Crippen LogP) is 2.17. The van der Waals surface area contributed by atoms with Crippen LogP contribution in [0.1, 0.15) is 24.8 Å². The zero-order chi connectivity index (χ0) is 13.3. The Balaban J connectivity index is 1.45. The topological polar surface area (TPSA) is 49.8 Å².